The van der Waals surface area contributed by atoms with Crippen LogP contribution in [0.4, 0.5) is 0 Å². The fraction of sp³-hybridized carbons (Fsp3) is 0.257. The van der Waals surface area contributed by atoms with Crippen LogP contribution in [0.5, 0.6) is 17.2 Å². The molecular formula is C35H32O5. The first-order chi connectivity index (χ1) is 19.7. The highest BCUT2D eigenvalue weighted by molar-refractivity contribution is 5.71. The van der Waals surface area contributed by atoms with E-state index < -0.39 is 5.79 Å². The summed E-state index contributed by atoms with van der Waals surface area (Å²) in [7, 11) is 0. The van der Waals surface area contributed by atoms with Gasteiger partial charge in [-0.15, -0.1) is 0 Å². The van der Waals surface area contributed by atoms with Crippen molar-refractivity contribution >= 4 is 5.76 Å². The Morgan fingerprint density at radius 3 is 2.00 bits per heavy atom. The fourth-order valence-electron chi connectivity index (χ4n) is 5.95. The first kappa shape index (κ1) is 24.9. The van der Waals surface area contributed by atoms with E-state index in [1.54, 1.807) is 0 Å². The Labute approximate surface area is 234 Å². The lowest BCUT2D eigenvalue weighted by molar-refractivity contribution is -0.175. The van der Waals surface area contributed by atoms with Crippen LogP contribution in [-0.4, -0.2) is 19.0 Å². The van der Waals surface area contributed by atoms with Crippen molar-refractivity contribution < 1.29 is 23.7 Å². The topological polar surface area (TPSA) is 46.2 Å². The molecule has 0 bridgehead atoms. The lowest BCUT2D eigenvalue weighted by atomic mass is 9.74. The Morgan fingerprint density at radius 2 is 1.32 bits per heavy atom. The van der Waals surface area contributed by atoms with Crippen LogP contribution in [0.1, 0.15) is 47.4 Å². The zero-order valence-electron chi connectivity index (χ0n) is 22.4. The maximum Gasteiger partial charge on any atom is 0.169 e. The number of allylic oxidation sites excluding steroid dienone is 1. The molecule has 1 aliphatic carbocycles. The van der Waals surface area contributed by atoms with Crippen LogP contribution in [0.3, 0.4) is 0 Å². The third kappa shape index (κ3) is 5.10. The van der Waals surface area contributed by atoms with Gasteiger partial charge in [0.2, 0.25) is 0 Å². The Morgan fingerprint density at radius 1 is 0.700 bits per heavy atom. The molecule has 1 saturated carbocycles. The number of hydrogen-bond acceptors (Lipinski definition) is 5. The third-order valence-electron chi connectivity index (χ3n) is 8.00. The predicted octanol–water partition coefficient (Wildman–Crippen LogP) is 7.66. The summed E-state index contributed by atoms with van der Waals surface area (Å²) >= 11 is 0. The molecule has 0 N–H and O–H groups in total. The van der Waals surface area contributed by atoms with E-state index in [0.29, 0.717) is 26.4 Å². The van der Waals surface area contributed by atoms with Gasteiger partial charge < -0.3 is 23.7 Å². The van der Waals surface area contributed by atoms with Gasteiger partial charge in [0.25, 0.3) is 0 Å². The van der Waals surface area contributed by atoms with Crippen molar-refractivity contribution in [2.45, 2.75) is 44.2 Å². The lowest BCUT2D eigenvalue weighted by Gasteiger charge is -2.41. The molecule has 3 aliphatic rings. The standard InChI is InChI=1S/C35H32O5/c1-3-7-25(8-4-1)23-36-28-13-11-27(12-14-28)34-30-17-18-35(38-19-20-39-35)22-32(30)31-21-29(15-16-33(31)40-34)37-24-26-9-5-2-6-10-26/h1-16,21,32H,17-20,22-24H2/t32-/m0/s1. The van der Waals surface area contributed by atoms with Crippen LogP contribution in [0.15, 0.2) is 109 Å². The normalized spacial score (nSPS) is 19.1. The van der Waals surface area contributed by atoms with E-state index in [9.17, 15) is 0 Å². The second-order valence-corrected chi connectivity index (χ2v) is 10.6. The molecule has 1 atom stereocenters. The lowest BCUT2D eigenvalue weighted by Crippen LogP contribution is -2.38. The maximum atomic E-state index is 6.63. The summed E-state index contributed by atoms with van der Waals surface area (Å²) < 4.78 is 31.2. The summed E-state index contributed by atoms with van der Waals surface area (Å²) in [5.74, 6) is 3.06. The highest BCUT2D eigenvalue weighted by Gasteiger charge is 2.46. The maximum absolute atomic E-state index is 6.63. The summed E-state index contributed by atoms with van der Waals surface area (Å²) in [6, 6.07) is 34.8. The van der Waals surface area contributed by atoms with E-state index in [1.165, 1.54) is 5.57 Å². The molecule has 0 unspecified atom stereocenters. The number of benzene rings is 4. The van der Waals surface area contributed by atoms with Crippen molar-refractivity contribution in [3.63, 3.8) is 0 Å². The van der Waals surface area contributed by atoms with Gasteiger partial charge in [0.05, 0.1) is 13.2 Å². The van der Waals surface area contributed by atoms with Gasteiger partial charge in [0, 0.05) is 29.9 Å². The Kier molecular flexibility index (Phi) is 6.76. The summed E-state index contributed by atoms with van der Waals surface area (Å²) in [4.78, 5) is 0. The molecule has 4 aromatic carbocycles. The van der Waals surface area contributed by atoms with E-state index in [4.69, 9.17) is 23.7 Å². The average molecular weight is 533 g/mol. The number of ether oxygens (including phenoxy) is 5. The summed E-state index contributed by atoms with van der Waals surface area (Å²) in [5, 5.41) is 0. The van der Waals surface area contributed by atoms with Crippen LogP contribution in [0, 0.1) is 0 Å². The molecule has 5 heteroatoms. The molecule has 0 amide bonds. The van der Waals surface area contributed by atoms with E-state index in [0.717, 1.165) is 64.5 Å². The number of hydrogen-bond donors (Lipinski definition) is 0. The van der Waals surface area contributed by atoms with E-state index in [2.05, 4.69) is 42.5 Å². The van der Waals surface area contributed by atoms with E-state index in [1.807, 2.05) is 60.7 Å². The zero-order chi connectivity index (χ0) is 26.8. The number of fused-ring (bicyclic) bond motifs is 3. The van der Waals surface area contributed by atoms with Gasteiger partial charge >= 0.3 is 0 Å². The molecule has 2 fully saturated rings. The van der Waals surface area contributed by atoms with E-state index in [-0.39, 0.29) is 5.92 Å². The minimum absolute atomic E-state index is 0.125. The molecule has 40 heavy (non-hydrogen) atoms. The predicted molar refractivity (Wildman–Crippen MR) is 153 cm³/mol. The van der Waals surface area contributed by atoms with Crippen molar-refractivity contribution in [2.24, 2.45) is 0 Å². The molecule has 4 aromatic rings. The van der Waals surface area contributed by atoms with Gasteiger partial charge in [-0.2, -0.15) is 0 Å². The molecule has 0 radical (unpaired) electrons. The van der Waals surface area contributed by atoms with Gasteiger partial charge in [-0.05, 0) is 65.6 Å². The minimum atomic E-state index is -0.524. The zero-order valence-corrected chi connectivity index (χ0v) is 22.4. The molecule has 1 saturated heterocycles. The van der Waals surface area contributed by atoms with Crippen LogP contribution in [-0.2, 0) is 22.7 Å². The Balaban J connectivity index is 1.16. The average Bonchev–Trinajstić information content (AvgIpc) is 3.47. The van der Waals surface area contributed by atoms with Gasteiger partial charge in [0.15, 0.2) is 5.79 Å². The molecule has 5 nitrogen and oxygen atoms in total. The Hall–Kier alpha value is -4.06. The van der Waals surface area contributed by atoms with Crippen LogP contribution < -0.4 is 14.2 Å². The largest absolute Gasteiger partial charge is 0.489 e. The highest BCUT2D eigenvalue weighted by atomic mass is 16.7. The van der Waals surface area contributed by atoms with Crippen molar-refractivity contribution in [1.29, 1.82) is 0 Å². The first-order valence-corrected chi connectivity index (χ1v) is 14.0. The molecule has 7 rings (SSSR count). The number of rotatable bonds is 7. The molecule has 202 valence electrons. The van der Waals surface area contributed by atoms with Gasteiger partial charge in [-0.1, -0.05) is 60.7 Å². The summed E-state index contributed by atoms with van der Waals surface area (Å²) in [6.07, 6.45) is 2.44. The van der Waals surface area contributed by atoms with Crippen molar-refractivity contribution in [2.75, 3.05) is 13.2 Å². The molecule has 0 aromatic heterocycles. The van der Waals surface area contributed by atoms with Crippen LogP contribution >= 0.6 is 0 Å². The van der Waals surface area contributed by atoms with Crippen LogP contribution in [0.2, 0.25) is 0 Å². The van der Waals surface area contributed by atoms with Gasteiger partial charge in [-0.3, -0.25) is 0 Å². The van der Waals surface area contributed by atoms with Gasteiger partial charge in [0.1, 0.15) is 36.2 Å². The van der Waals surface area contributed by atoms with Gasteiger partial charge in [-0.25, -0.2) is 0 Å². The fourth-order valence-corrected chi connectivity index (χ4v) is 5.95. The monoisotopic (exact) mass is 532 g/mol. The second-order valence-electron chi connectivity index (χ2n) is 10.6. The Bertz CT molecular complexity index is 1490. The smallest absolute Gasteiger partial charge is 0.169 e. The molecule has 1 spiro atoms. The summed E-state index contributed by atoms with van der Waals surface area (Å²) in [6.45, 7) is 2.35. The minimum Gasteiger partial charge on any atom is -0.489 e. The second kappa shape index (κ2) is 10.8. The highest BCUT2D eigenvalue weighted by Crippen LogP contribution is 2.53. The first-order valence-electron chi connectivity index (χ1n) is 14.0. The molecule has 2 heterocycles. The SMILES string of the molecule is c1ccc(COc2ccc(C3=C4CCC5(C[C@@H]4c4cc(OCc6ccccc6)ccc4O3)OCCO5)cc2)cc1. The van der Waals surface area contributed by atoms with Crippen molar-refractivity contribution in [3.05, 3.63) is 131 Å². The summed E-state index contributed by atoms with van der Waals surface area (Å²) in [5.41, 5.74) is 5.75. The van der Waals surface area contributed by atoms with E-state index >= 15 is 0 Å². The molecule has 2 aliphatic heterocycles. The van der Waals surface area contributed by atoms with Crippen molar-refractivity contribution in [3.8, 4) is 17.2 Å². The quantitative estimate of drug-likeness (QED) is 0.245. The molecular weight excluding hydrogens is 500 g/mol. The van der Waals surface area contributed by atoms with Crippen molar-refractivity contribution in [1.82, 2.24) is 0 Å². The van der Waals surface area contributed by atoms with Crippen LogP contribution in [0.25, 0.3) is 5.76 Å². The third-order valence-corrected chi connectivity index (χ3v) is 8.00.